The van der Waals surface area contributed by atoms with Crippen molar-refractivity contribution in [3.8, 4) is 0 Å². The molecule has 8 heteroatoms. The van der Waals surface area contributed by atoms with Crippen molar-refractivity contribution in [1.82, 2.24) is 4.90 Å². The molecule has 1 aliphatic heterocycles. The van der Waals surface area contributed by atoms with Crippen molar-refractivity contribution in [2.24, 2.45) is 17.8 Å². The molecule has 0 unspecified atom stereocenters. The van der Waals surface area contributed by atoms with Gasteiger partial charge in [-0.1, -0.05) is 0 Å². The van der Waals surface area contributed by atoms with E-state index < -0.39 is 22.7 Å². The molecule has 1 aromatic carbocycles. The molecule has 2 fully saturated rings. The van der Waals surface area contributed by atoms with Crippen LogP contribution in [0, 0.1) is 27.9 Å². The Hall–Kier alpha value is -2.09. The molecule has 1 saturated carbocycles. The summed E-state index contributed by atoms with van der Waals surface area (Å²) in [5.41, 5.74) is -0.202. The number of aliphatic carboxylic acids is 1. The first-order valence-corrected chi connectivity index (χ1v) is 8.99. The number of carbonyl (C=O) groups is 2. The number of nitro groups is 1. The van der Waals surface area contributed by atoms with Crippen LogP contribution in [0.4, 0.5) is 5.69 Å². The maximum Gasteiger partial charge on any atom is 0.308 e. The van der Waals surface area contributed by atoms with Gasteiger partial charge in [0.05, 0.1) is 10.8 Å². The number of carboxylic acid groups (broad SMARTS) is 1. The fraction of sp³-hybridized carbons (Fsp3) is 0.500. The average molecular weight is 350 g/mol. The number of likely N-dealkylation sites (tertiary alicyclic amines) is 1. The first-order valence-electron chi connectivity index (χ1n) is 7.77. The third-order valence-corrected chi connectivity index (χ3v) is 5.55. The Morgan fingerprint density at radius 3 is 2.58 bits per heavy atom. The lowest BCUT2D eigenvalue weighted by Crippen LogP contribution is -2.30. The lowest BCUT2D eigenvalue weighted by Gasteiger charge is -2.16. The van der Waals surface area contributed by atoms with Gasteiger partial charge < -0.3 is 10.0 Å². The predicted molar refractivity (Wildman–Crippen MR) is 88.1 cm³/mol. The third-order valence-electron chi connectivity index (χ3n) is 4.83. The van der Waals surface area contributed by atoms with Gasteiger partial charge in [0.25, 0.3) is 11.6 Å². The zero-order valence-electron chi connectivity index (χ0n) is 13.2. The van der Waals surface area contributed by atoms with Crippen LogP contribution in [0.1, 0.15) is 23.2 Å². The molecule has 1 aliphatic carbocycles. The summed E-state index contributed by atoms with van der Waals surface area (Å²) in [6.07, 6.45) is 3.83. The molecule has 2 aliphatic rings. The van der Waals surface area contributed by atoms with Crippen LogP contribution >= 0.6 is 11.8 Å². The zero-order valence-corrected chi connectivity index (χ0v) is 14.0. The number of carbonyl (C=O) groups excluding carboxylic acids is 1. The SMILES string of the molecule is CSc1ccc([N+](=O)[O-])c(C(=O)N2C[C@H](C(=O)O)[C@@H](C3CC3)C2)c1. The number of hydrogen-bond donors (Lipinski definition) is 1. The molecule has 3 rings (SSSR count). The van der Waals surface area contributed by atoms with Crippen LogP contribution in [0.25, 0.3) is 0 Å². The molecule has 7 nitrogen and oxygen atoms in total. The summed E-state index contributed by atoms with van der Waals surface area (Å²) in [4.78, 5) is 37.2. The highest BCUT2D eigenvalue weighted by molar-refractivity contribution is 7.98. The smallest absolute Gasteiger partial charge is 0.308 e. The highest BCUT2D eigenvalue weighted by Gasteiger charge is 2.47. The van der Waals surface area contributed by atoms with Crippen molar-refractivity contribution in [2.45, 2.75) is 17.7 Å². The van der Waals surface area contributed by atoms with E-state index in [4.69, 9.17) is 0 Å². The van der Waals surface area contributed by atoms with Crippen LogP contribution in [0.5, 0.6) is 0 Å². The Labute approximate surface area is 143 Å². The van der Waals surface area contributed by atoms with E-state index in [0.717, 1.165) is 17.7 Å². The minimum absolute atomic E-state index is 0.0347. The summed E-state index contributed by atoms with van der Waals surface area (Å²) >= 11 is 1.40. The molecule has 1 aromatic rings. The quantitative estimate of drug-likeness (QED) is 0.497. The minimum atomic E-state index is -0.894. The Kier molecular flexibility index (Phi) is 4.49. The molecule has 24 heavy (non-hydrogen) atoms. The van der Waals surface area contributed by atoms with Crippen molar-refractivity contribution < 1.29 is 19.6 Å². The van der Waals surface area contributed by atoms with Gasteiger partial charge in [-0.25, -0.2) is 0 Å². The number of hydrogen-bond acceptors (Lipinski definition) is 5. The molecule has 1 amide bonds. The first-order chi connectivity index (χ1) is 11.4. The molecule has 0 bridgehead atoms. The van der Waals surface area contributed by atoms with E-state index >= 15 is 0 Å². The van der Waals surface area contributed by atoms with Gasteiger partial charge in [0, 0.05) is 24.1 Å². The van der Waals surface area contributed by atoms with Crippen LogP contribution < -0.4 is 0 Å². The third kappa shape index (κ3) is 3.10. The van der Waals surface area contributed by atoms with Crippen molar-refractivity contribution in [3.63, 3.8) is 0 Å². The summed E-state index contributed by atoms with van der Waals surface area (Å²) < 4.78 is 0. The molecule has 1 saturated heterocycles. The molecule has 128 valence electrons. The van der Waals surface area contributed by atoms with Crippen molar-refractivity contribution in [1.29, 1.82) is 0 Å². The summed E-state index contributed by atoms with van der Waals surface area (Å²) in [5.74, 6) is -1.61. The second-order valence-corrected chi connectivity index (χ2v) is 7.18. The van der Waals surface area contributed by atoms with E-state index in [-0.39, 0.29) is 23.7 Å². The molecule has 0 radical (unpaired) electrons. The van der Waals surface area contributed by atoms with Gasteiger partial charge in [-0.15, -0.1) is 11.8 Å². The Morgan fingerprint density at radius 1 is 1.33 bits per heavy atom. The van der Waals surface area contributed by atoms with Crippen LogP contribution in [-0.4, -0.2) is 46.2 Å². The fourth-order valence-electron chi connectivity index (χ4n) is 3.40. The van der Waals surface area contributed by atoms with Gasteiger partial charge in [0.2, 0.25) is 0 Å². The molecule has 1 N–H and O–H groups in total. The standard InChI is InChI=1S/C16H18N2O5S/c1-24-10-4-5-14(18(22)23)11(6-10)15(19)17-7-12(9-2-3-9)13(8-17)16(20)21/h4-6,9,12-13H,2-3,7-8H2,1H3,(H,20,21)/t12-,13+/m1/s1. The van der Waals surface area contributed by atoms with E-state index in [2.05, 4.69) is 0 Å². The predicted octanol–water partition coefficient (Wildman–Crippen LogP) is 2.50. The first kappa shape index (κ1) is 16.8. The number of rotatable bonds is 5. The maximum absolute atomic E-state index is 12.8. The molecule has 2 atom stereocenters. The fourth-order valence-corrected chi connectivity index (χ4v) is 3.84. The molecule has 1 heterocycles. The zero-order chi connectivity index (χ0) is 17.4. The monoisotopic (exact) mass is 350 g/mol. The van der Waals surface area contributed by atoms with E-state index in [1.165, 1.54) is 28.8 Å². The van der Waals surface area contributed by atoms with Crippen LogP contribution in [0.3, 0.4) is 0 Å². The maximum atomic E-state index is 12.8. The second-order valence-electron chi connectivity index (χ2n) is 6.30. The van der Waals surface area contributed by atoms with Crippen molar-refractivity contribution in [3.05, 3.63) is 33.9 Å². The van der Waals surface area contributed by atoms with Crippen molar-refractivity contribution >= 4 is 29.3 Å². The van der Waals surface area contributed by atoms with Crippen LogP contribution in [0.2, 0.25) is 0 Å². The van der Waals surface area contributed by atoms with Gasteiger partial charge in [-0.2, -0.15) is 0 Å². The van der Waals surface area contributed by atoms with Gasteiger partial charge in [-0.05, 0) is 43.1 Å². The number of benzene rings is 1. The average Bonchev–Trinajstić information content (AvgIpc) is 3.31. The lowest BCUT2D eigenvalue weighted by molar-refractivity contribution is -0.385. The highest BCUT2D eigenvalue weighted by atomic mass is 32.2. The second kappa shape index (κ2) is 6.43. The van der Waals surface area contributed by atoms with Crippen LogP contribution in [-0.2, 0) is 4.79 Å². The summed E-state index contributed by atoms with van der Waals surface area (Å²) in [6, 6.07) is 4.46. The summed E-state index contributed by atoms with van der Waals surface area (Å²) in [5, 5.41) is 20.6. The molecule has 0 aromatic heterocycles. The van der Waals surface area contributed by atoms with Gasteiger partial charge in [0.1, 0.15) is 5.56 Å². The topological polar surface area (TPSA) is 101 Å². The minimum Gasteiger partial charge on any atom is -0.481 e. The molecular weight excluding hydrogens is 332 g/mol. The number of nitrogens with zero attached hydrogens (tertiary/aromatic N) is 2. The van der Waals surface area contributed by atoms with E-state index in [0.29, 0.717) is 12.5 Å². The number of thioether (sulfide) groups is 1. The van der Waals surface area contributed by atoms with E-state index in [1.54, 1.807) is 6.07 Å². The van der Waals surface area contributed by atoms with Gasteiger partial charge in [-0.3, -0.25) is 19.7 Å². The summed E-state index contributed by atoms with van der Waals surface area (Å²) in [7, 11) is 0. The number of amides is 1. The Morgan fingerprint density at radius 2 is 2.04 bits per heavy atom. The van der Waals surface area contributed by atoms with E-state index in [9.17, 15) is 24.8 Å². The van der Waals surface area contributed by atoms with E-state index in [1.807, 2.05) is 6.26 Å². The number of carboxylic acids is 1. The molecular formula is C16H18N2O5S. The highest BCUT2D eigenvalue weighted by Crippen LogP contribution is 2.44. The Balaban J connectivity index is 1.89. The largest absolute Gasteiger partial charge is 0.481 e. The van der Waals surface area contributed by atoms with Gasteiger partial charge >= 0.3 is 5.97 Å². The normalized spacial score (nSPS) is 23.3. The Bertz CT molecular complexity index is 704. The number of nitro benzene ring substituents is 1. The molecule has 0 spiro atoms. The summed E-state index contributed by atoms with van der Waals surface area (Å²) in [6.45, 7) is 0.483. The lowest BCUT2D eigenvalue weighted by atomic mass is 9.92. The van der Waals surface area contributed by atoms with Gasteiger partial charge in [0.15, 0.2) is 0 Å². The van der Waals surface area contributed by atoms with Crippen molar-refractivity contribution in [2.75, 3.05) is 19.3 Å². The van der Waals surface area contributed by atoms with Crippen LogP contribution in [0.15, 0.2) is 23.1 Å².